The maximum Gasteiger partial charge on any atom is 0.141 e. The lowest BCUT2D eigenvalue weighted by Gasteiger charge is -2.21. The van der Waals surface area contributed by atoms with E-state index in [0.29, 0.717) is 12.2 Å². The quantitative estimate of drug-likeness (QED) is 0.929. The van der Waals surface area contributed by atoms with Crippen LogP contribution in [0, 0.1) is 5.92 Å². The number of Topliss-reactive ketones (excluding diaryl/α,β-unsaturated/α-hetero) is 1. The molecule has 1 fully saturated rings. The van der Waals surface area contributed by atoms with Crippen LogP contribution in [0.3, 0.4) is 0 Å². The highest BCUT2D eigenvalue weighted by atomic mass is 79.9. The zero-order chi connectivity index (χ0) is 13.0. The van der Waals surface area contributed by atoms with E-state index in [1.54, 1.807) is 7.11 Å². The normalized spacial score (nSPS) is 19.6. The first-order chi connectivity index (χ1) is 8.70. The first kappa shape index (κ1) is 13.6. The van der Waals surface area contributed by atoms with Crippen molar-refractivity contribution in [3.8, 4) is 5.75 Å². The van der Waals surface area contributed by atoms with Crippen molar-refractivity contribution in [3.05, 3.63) is 28.2 Å². The molecule has 1 aromatic carbocycles. The van der Waals surface area contributed by atoms with Gasteiger partial charge < -0.3 is 10.1 Å². The highest BCUT2D eigenvalue weighted by Crippen LogP contribution is 2.26. The molecule has 2 rings (SSSR count). The van der Waals surface area contributed by atoms with E-state index < -0.39 is 0 Å². The Hall–Kier alpha value is -0.870. The summed E-state index contributed by atoms with van der Waals surface area (Å²) in [6.07, 6.45) is 2.63. The lowest BCUT2D eigenvalue weighted by molar-refractivity contribution is -0.122. The van der Waals surface area contributed by atoms with E-state index in [9.17, 15) is 4.79 Å². The third-order valence-corrected chi connectivity index (χ3v) is 3.97. The predicted molar refractivity (Wildman–Crippen MR) is 75.0 cm³/mol. The van der Waals surface area contributed by atoms with Crippen molar-refractivity contribution in [2.45, 2.75) is 19.3 Å². The maximum atomic E-state index is 12.1. The molecule has 1 atom stereocenters. The summed E-state index contributed by atoms with van der Waals surface area (Å²) in [5, 5.41) is 3.28. The maximum absolute atomic E-state index is 12.1. The molecule has 4 heteroatoms. The summed E-state index contributed by atoms with van der Waals surface area (Å²) < 4.78 is 6.08. The Kier molecular flexibility index (Phi) is 4.78. The average Bonchev–Trinajstić information content (AvgIpc) is 2.40. The fourth-order valence-corrected chi connectivity index (χ4v) is 2.88. The van der Waals surface area contributed by atoms with Gasteiger partial charge in [-0.15, -0.1) is 0 Å². The zero-order valence-corrected chi connectivity index (χ0v) is 12.1. The molecule has 0 amide bonds. The van der Waals surface area contributed by atoms with Crippen molar-refractivity contribution in [2.24, 2.45) is 5.92 Å². The van der Waals surface area contributed by atoms with Crippen LogP contribution in [0.25, 0.3) is 0 Å². The van der Waals surface area contributed by atoms with Gasteiger partial charge in [0.2, 0.25) is 0 Å². The Morgan fingerprint density at radius 1 is 1.56 bits per heavy atom. The van der Waals surface area contributed by atoms with E-state index in [-0.39, 0.29) is 5.92 Å². The highest BCUT2D eigenvalue weighted by Gasteiger charge is 2.20. The van der Waals surface area contributed by atoms with Crippen molar-refractivity contribution in [2.75, 3.05) is 20.2 Å². The van der Waals surface area contributed by atoms with E-state index in [0.717, 1.165) is 41.7 Å². The lowest BCUT2D eigenvalue weighted by atomic mass is 9.91. The second-order valence-corrected chi connectivity index (χ2v) is 5.51. The second kappa shape index (κ2) is 6.34. The summed E-state index contributed by atoms with van der Waals surface area (Å²) in [7, 11) is 1.64. The van der Waals surface area contributed by atoms with Gasteiger partial charge in [-0.1, -0.05) is 6.07 Å². The van der Waals surface area contributed by atoms with Crippen molar-refractivity contribution in [1.29, 1.82) is 0 Å². The third kappa shape index (κ3) is 3.33. The lowest BCUT2D eigenvalue weighted by Crippen LogP contribution is -2.35. The Bertz CT molecular complexity index is 428. The van der Waals surface area contributed by atoms with Gasteiger partial charge in [-0.05, 0) is 53.0 Å². The number of carbonyl (C=O) groups excluding carboxylic acids is 1. The topological polar surface area (TPSA) is 38.3 Å². The van der Waals surface area contributed by atoms with Crippen LogP contribution in [0.4, 0.5) is 0 Å². The minimum absolute atomic E-state index is 0.180. The molecule has 0 aromatic heterocycles. The van der Waals surface area contributed by atoms with Crippen LogP contribution >= 0.6 is 15.9 Å². The van der Waals surface area contributed by atoms with E-state index in [2.05, 4.69) is 21.2 Å². The molecule has 1 heterocycles. The van der Waals surface area contributed by atoms with Crippen molar-refractivity contribution in [3.63, 3.8) is 0 Å². The minimum atomic E-state index is 0.180. The second-order valence-electron chi connectivity index (χ2n) is 4.66. The molecule has 0 radical (unpaired) electrons. The van der Waals surface area contributed by atoms with Crippen LogP contribution in [-0.2, 0) is 11.2 Å². The van der Waals surface area contributed by atoms with Crippen LogP contribution in [0.2, 0.25) is 0 Å². The van der Waals surface area contributed by atoms with E-state index in [1.807, 2.05) is 18.2 Å². The van der Waals surface area contributed by atoms with Crippen LogP contribution in [0.1, 0.15) is 18.4 Å². The number of nitrogens with one attached hydrogen (secondary N) is 1. The van der Waals surface area contributed by atoms with Crippen LogP contribution < -0.4 is 10.1 Å². The number of ether oxygens (including phenoxy) is 1. The van der Waals surface area contributed by atoms with Crippen LogP contribution in [0.5, 0.6) is 5.75 Å². The number of rotatable bonds is 4. The molecule has 1 aromatic rings. The van der Waals surface area contributed by atoms with Gasteiger partial charge in [-0.25, -0.2) is 0 Å². The molecule has 0 aliphatic carbocycles. The SMILES string of the molecule is COc1ccc(CC(=O)C2CCCNC2)cc1Br. The fourth-order valence-electron chi connectivity index (χ4n) is 2.29. The summed E-state index contributed by atoms with van der Waals surface area (Å²) in [6.45, 7) is 1.87. The van der Waals surface area contributed by atoms with Gasteiger partial charge in [0.1, 0.15) is 11.5 Å². The van der Waals surface area contributed by atoms with Gasteiger partial charge in [-0.2, -0.15) is 0 Å². The molecule has 3 nitrogen and oxygen atoms in total. The van der Waals surface area contributed by atoms with Gasteiger partial charge >= 0.3 is 0 Å². The minimum Gasteiger partial charge on any atom is -0.496 e. The fraction of sp³-hybridized carbons (Fsp3) is 0.500. The molecular weight excluding hydrogens is 294 g/mol. The third-order valence-electron chi connectivity index (χ3n) is 3.35. The predicted octanol–water partition coefficient (Wildman–Crippen LogP) is 2.57. The number of methoxy groups -OCH3 is 1. The Labute approximate surface area is 116 Å². The first-order valence-electron chi connectivity index (χ1n) is 6.26. The zero-order valence-electron chi connectivity index (χ0n) is 10.5. The van der Waals surface area contributed by atoms with Gasteiger partial charge in [-0.3, -0.25) is 4.79 Å². The smallest absolute Gasteiger partial charge is 0.141 e. The molecule has 0 saturated carbocycles. The number of hydrogen-bond acceptors (Lipinski definition) is 3. The molecule has 0 bridgehead atoms. The summed E-state index contributed by atoms with van der Waals surface area (Å²) in [6, 6.07) is 5.82. The number of halogens is 1. The number of carbonyl (C=O) groups is 1. The Balaban J connectivity index is 2.00. The standard InChI is InChI=1S/C14H18BrNO2/c1-18-14-5-4-10(7-12(14)15)8-13(17)11-3-2-6-16-9-11/h4-5,7,11,16H,2-3,6,8-9H2,1H3. The van der Waals surface area contributed by atoms with Gasteiger partial charge in [0.25, 0.3) is 0 Å². The molecule has 18 heavy (non-hydrogen) atoms. The molecule has 98 valence electrons. The van der Waals surface area contributed by atoms with Crippen LogP contribution in [0.15, 0.2) is 22.7 Å². The highest BCUT2D eigenvalue weighted by molar-refractivity contribution is 9.10. The van der Waals surface area contributed by atoms with E-state index in [1.165, 1.54) is 0 Å². The Morgan fingerprint density at radius 3 is 3.00 bits per heavy atom. The number of hydrogen-bond donors (Lipinski definition) is 1. The van der Waals surface area contributed by atoms with E-state index >= 15 is 0 Å². The molecule has 1 saturated heterocycles. The molecule has 1 aliphatic heterocycles. The summed E-state index contributed by atoms with van der Waals surface area (Å²) >= 11 is 3.44. The monoisotopic (exact) mass is 311 g/mol. The Morgan fingerprint density at radius 2 is 2.39 bits per heavy atom. The van der Waals surface area contributed by atoms with E-state index in [4.69, 9.17) is 4.74 Å². The molecule has 1 N–H and O–H groups in total. The molecule has 0 spiro atoms. The molecule has 1 aliphatic rings. The number of piperidine rings is 1. The summed E-state index contributed by atoms with van der Waals surface area (Å²) in [5.41, 5.74) is 1.04. The summed E-state index contributed by atoms with van der Waals surface area (Å²) in [5.74, 6) is 1.31. The van der Waals surface area contributed by atoms with Gasteiger partial charge in [0.15, 0.2) is 0 Å². The van der Waals surface area contributed by atoms with Gasteiger partial charge in [0, 0.05) is 18.9 Å². The van der Waals surface area contributed by atoms with Gasteiger partial charge in [0.05, 0.1) is 11.6 Å². The average molecular weight is 312 g/mol. The summed E-state index contributed by atoms with van der Waals surface area (Å²) in [4.78, 5) is 12.1. The first-order valence-corrected chi connectivity index (χ1v) is 7.06. The van der Waals surface area contributed by atoms with Crippen molar-refractivity contribution < 1.29 is 9.53 Å². The van der Waals surface area contributed by atoms with Crippen molar-refractivity contribution in [1.82, 2.24) is 5.32 Å². The van der Waals surface area contributed by atoms with Crippen molar-refractivity contribution >= 4 is 21.7 Å². The largest absolute Gasteiger partial charge is 0.496 e. The number of ketones is 1. The van der Waals surface area contributed by atoms with Crippen LogP contribution in [-0.4, -0.2) is 26.0 Å². The molecule has 1 unspecified atom stereocenters. The number of benzene rings is 1. The molecular formula is C14H18BrNO2.